The highest BCUT2D eigenvalue weighted by Crippen LogP contribution is 2.29. The number of thiocarbonyl (C=S) groups is 1. The third-order valence-electron chi connectivity index (χ3n) is 3.87. The molecule has 7 heteroatoms. The monoisotopic (exact) mass is 343 g/mol. The van der Waals surface area contributed by atoms with Crippen LogP contribution in [0, 0.1) is 0 Å². The zero-order chi connectivity index (χ0) is 16.9. The first kappa shape index (κ1) is 17.7. The highest BCUT2D eigenvalue weighted by Gasteiger charge is 2.30. The summed E-state index contributed by atoms with van der Waals surface area (Å²) in [5, 5.41) is 7.68. The van der Waals surface area contributed by atoms with Gasteiger partial charge in [0.15, 0.2) is 5.11 Å². The van der Waals surface area contributed by atoms with Gasteiger partial charge in [0, 0.05) is 6.04 Å². The lowest BCUT2D eigenvalue weighted by molar-refractivity contribution is -0.137. The Morgan fingerprint density at radius 2 is 1.91 bits per heavy atom. The Kier molecular flexibility index (Phi) is 5.98. The van der Waals surface area contributed by atoms with E-state index in [1.165, 1.54) is 25.3 Å². The quantitative estimate of drug-likeness (QED) is 0.490. The fourth-order valence-corrected chi connectivity index (χ4v) is 2.80. The molecule has 0 saturated heterocycles. The van der Waals surface area contributed by atoms with Gasteiger partial charge in [-0.2, -0.15) is 18.3 Å². The molecule has 0 bridgehead atoms. The van der Waals surface area contributed by atoms with E-state index < -0.39 is 11.7 Å². The van der Waals surface area contributed by atoms with Crippen molar-refractivity contribution in [3.05, 3.63) is 35.4 Å². The van der Waals surface area contributed by atoms with Crippen LogP contribution in [-0.2, 0) is 6.18 Å². The Bertz CT molecular complexity index is 578. The van der Waals surface area contributed by atoms with Gasteiger partial charge >= 0.3 is 6.18 Å². The van der Waals surface area contributed by atoms with Crippen LogP contribution in [0.3, 0.4) is 0 Å². The number of rotatable bonds is 3. The number of nitrogens with one attached hydrogen (secondary N) is 2. The SMILES string of the molecule is CC(=NNC(=S)NC1CCCCC1)c1cccc(C(F)(F)F)c1. The van der Waals surface area contributed by atoms with Crippen molar-refractivity contribution in [2.24, 2.45) is 5.10 Å². The standard InChI is InChI=1S/C16H20F3N3S/c1-11(12-6-5-7-13(10-12)16(17,18)19)21-22-15(23)20-14-8-3-2-4-9-14/h5-7,10,14H,2-4,8-9H2,1H3,(H2,20,22,23). The van der Waals surface area contributed by atoms with Gasteiger partial charge < -0.3 is 5.32 Å². The van der Waals surface area contributed by atoms with E-state index >= 15 is 0 Å². The van der Waals surface area contributed by atoms with Crippen LogP contribution in [0.5, 0.6) is 0 Å². The topological polar surface area (TPSA) is 36.4 Å². The molecular weight excluding hydrogens is 323 g/mol. The molecule has 23 heavy (non-hydrogen) atoms. The predicted octanol–water partition coefficient (Wildman–Crippen LogP) is 4.23. The Labute approximate surface area is 139 Å². The average molecular weight is 343 g/mol. The minimum atomic E-state index is -4.36. The number of alkyl halides is 3. The molecule has 3 nitrogen and oxygen atoms in total. The lowest BCUT2D eigenvalue weighted by Crippen LogP contribution is -2.41. The molecule has 0 aromatic heterocycles. The van der Waals surface area contributed by atoms with E-state index in [-0.39, 0.29) is 0 Å². The largest absolute Gasteiger partial charge is 0.416 e. The first-order valence-electron chi connectivity index (χ1n) is 7.64. The van der Waals surface area contributed by atoms with E-state index in [9.17, 15) is 13.2 Å². The average Bonchev–Trinajstić information content (AvgIpc) is 2.53. The van der Waals surface area contributed by atoms with E-state index in [0.717, 1.165) is 25.0 Å². The van der Waals surface area contributed by atoms with Gasteiger partial charge in [-0.15, -0.1) is 0 Å². The van der Waals surface area contributed by atoms with Gasteiger partial charge in [-0.25, -0.2) is 0 Å². The third-order valence-corrected chi connectivity index (χ3v) is 4.08. The van der Waals surface area contributed by atoms with Crippen molar-refractivity contribution < 1.29 is 13.2 Å². The third kappa shape index (κ3) is 5.49. The summed E-state index contributed by atoms with van der Waals surface area (Å²) in [4.78, 5) is 0. The van der Waals surface area contributed by atoms with Gasteiger partial charge in [-0.1, -0.05) is 31.4 Å². The lowest BCUT2D eigenvalue weighted by Gasteiger charge is -2.23. The van der Waals surface area contributed by atoms with Gasteiger partial charge in [-0.3, -0.25) is 5.43 Å². The summed E-state index contributed by atoms with van der Waals surface area (Å²) in [6.45, 7) is 1.64. The van der Waals surface area contributed by atoms with Crippen LogP contribution in [0.25, 0.3) is 0 Å². The Morgan fingerprint density at radius 3 is 2.57 bits per heavy atom. The maximum absolute atomic E-state index is 12.7. The summed E-state index contributed by atoms with van der Waals surface area (Å²) >= 11 is 5.18. The van der Waals surface area contributed by atoms with Crippen LogP contribution in [-0.4, -0.2) is 16.9 Å². The molecule has 0 unspecified atom stereocenters. The van der Waals surface area contributed by atoms with Crippen LogP contribution in [0.2, 0.25) is 0 Å². The number of hydrogen-bond acceptors (Lipinski definition) is 2. The highest BCUT2D eigenvalue weighted by molar-refractivity contribution is 7.80. The van der Waals surface area contributed by atoms with E-state index in [1.54, 1.807) is 13.0 Å². The van der Waals surface area contributed by atoms with E-state index in [2.05, 4.69) is 15.8 Å². The molecular formula is C16H20F3N3S. The molecule has 0 atom stereocenters. The second-order valence-corrected chi connectivity index (χ2v) is 6.10. The summed E-state index contributed by atoms with van der Waals surface area (Å²) in [6, 6.07) is 5.44. The van der Waals surface area contributed by atoms with Crippen LogP contribution in [0.15, 0.2) is 29.4 Å². The first-order chi connectivity index (χ1) is 10.9. The number of hydrogen-bond donors (Lipinski definition) is 2. The molecule has 126 valence electrons. The first-order valence-corrected chi connectivity index (χ1v) is 8.05. The van der Waals surface area contributed by atoms with Gasteiger partial charge in [-0.05, 0) is 49.7 Å². The Balaban J connectivity index is 1.95. The zero-order valence-electron chi connectivity index (χ0n) is 12.9. The van der Waals surface area contributed by atoms with Crippen LogP contribution in [0.1, 0.15) is 50.2 Å². The number of nitrogens with zero attached hydrogens (tertiary/aromatic N) is 1. The van der Waals surface area contributed by atoms with Crippen LogP contribution in [0.4, 0.5) is 13.2 Å². The minimum absolute atomic E-state index is 0.354. The smallest absolute Gasteiger partial charge is 0.359 e. The molecule has 1 saturated carbocycles. The fraction of sp³-hybridized carbons (Fsp3) is 0.500. The Hall–Kier alpha value is -1.63. The van der Waals surface area contributed by atoms with Gasteiger partial charge in [0.05, 0.1) is 11.3 Å². The molecule has 0 aliphatic heterocycles. The summed E-state index contributed by atoms with van der Waals surface area (Å²) < 4.78 is 38.2. The summed E-state index contributed by atoms with van der Waals surface area (Å²) in [6.07, 6.45) is 1.43. The van der Waals surface area contributed by atoms with Crippen molar-refractivity contribution >= 4 is 23.0 Å². The van der Waals surface area contributed by atoms with E-state index in [0.29, 0.717) is 22.4 Å². The molecule has 0 spiro atoms. The predicted molar refractivity (Wildman–Crippen MR) is 89.4 cm³/mol. The second kappa shape index (κ2) is 7.77. The van der Waals surface area contributed by atoms with Gasteiger partial charge in [0.2, 0.25) is 0 Å². The summed E-state index contributed by atoms with van der Waals surface area (Å²) in [5.74, 6) is 0. The van der Waals surface area contributed by atoms with E-state index in [4.69, 9.17) is 12.2 Å². The molecule has 2 N–H and O–H groups in total. The molecule has 1 fully saturated rings. The van der Waals surface area contributed by atoms with E-state index in [1.807, 2.05) is 0 Å². The van der Waals surface area contributed by atoms with Crippen LogP contribution < -0.4 is 10.7 Å². The van der Waals surface area contributed by atoms with Crippen molar-refractivity contribution in [3.63, 3.8) is 0 Å². The number of benzene rings is 1. The molecule has 0 radical (unpaired) electrons. The minimum Gasteiger partial charge on any atom is -0.359 e. The summed E-state index contributed by atoms with van der Waals surface area (Å²) in [7, 11) is 0. The second-order valence-electron chi connectivity index (χ2n) is 5.70. The van der Waals surface area contributed by atoms with Gasteiger partial charge in [0.1, 0.15) is 0 Å². The molecule has 1 aromatic carbocycles. The Morgan fingerprint density at radius 1 is 1.22 bits per heavy atom. The number of halogens is 3. The van der Waals surface area contributed by atoms with Crippen molar-refractivity contribution in [3.8, 4) is 0 Å². The molecule has 1 aromatic rings. The molecule has 0 amide bonds. The van der Waals surface area contributed by atoms with Crippen molar-refractivity contribution in [1.82, 2.24) is 10.7 Å². The molecule has 1 aliphatic rings. The molecule has 1 aliphatic carbocycles. The lowest BCUT2D eigenvalue weighted by atomic mass is 9.96. The van der Waals surface area contributed by atoms with Crippen LogP contribution >= 0.6 is 12.2 Å². The van der Waals surface area contributed by atoms with Crippen molar-refractivity contribution in [2.75, 3.05) is 0 Å². The fourth-order valence-electron chi connectivity index (χ4n) is 2.58. The van der Waals surface area contributed by atoms with Gasteiger partial charge in [0.25, 0.3) is 0 Å². The summed E-state index contributed by atoms with van der Waals surface area (Å²) in [5.41, 5.74) is 2.88. The normalized spacial score (nSPS) is 17.0. The zero-order valence-corrected chi connectivity index (χ0v) is 13.7. The van der Waals surface area contributed by atoms with Crippen molar-refractivity contribution in [1.29, 1.82) is 0 Å². The number of hydrazone groups is 1. The molecule has 2 rings (SSSR count). The maximum atomic E-state index is 12.7. The maximum Gasteiger partial charge on any atom is 0.416 e. The van der Waals surface area contributed by atoms with Crippen molar-refractivity contribution in [2.45, 2.75) is 51.2 Å². The molecule has 0 heterocycles. The highest BCUT2D eigenvalue weighted by atomic mass is 32.1.